The molecular formula is C16H17N3S. The zero-order valence-electron chi connectivity index (χ0n) is 11.3. The number of fused-ring (bicyclic) bond motifs is 1. The quantitative estimate of drug-likeness (QED) is 0.874. The Labute approximate surface area is 123 Å². The molecule has 1 aromatic carbocycles. The number of aromatic nitrogens is 2. The summed E-state index contributed by atoms with van der Waals surface area (Å²) in [5.41, 5.74) is 3.93. The summed E-state index contributed by atoms with van der Waals surface area (Å²) >= 11 is 1.81. The van der Waals surface area contributed by atoms with Crippen LogP contribution in [-0.2, 0) is 18.8 Å². The fraction of sp³-hybridized carbons (Fsp3) is 0.375. The number of hydrogen-bond acceptors (Lipinski definition) is 4. The molecule has 4 heteroatoms. The number of thioether (sulfide) groups is 1. The molecule has 3 nitrogen and oxygen atoms in total. The van der Waals surface area contributed by atoms with E-state index in [0.29, 0.717) is 5.92 Å². The number of rotatable bonds is 4. The molecule has 1 aliphatic carbocycles. The summed E-state index contributed by atoms with van der Waals surface area (Å²) < 4.78 is 0. The first-order valence-corrected chi connectivity index (χ1v) is 8.16. The molecule has 0 atom stereocenters. The van der Waals surface area contributed by atoms with E-state index in [9.17, 15) is 0 Å². The van der Waals surface area contributed by atoms with Crippen molar-refractivity contribution in [2.75, 3.05) is 0 Å². The van der Waals surface area contributed by atoms with Crippen LogP contribution in [0.15, 0.2) is 35.2 Å². The Kier molecular flexibility index (Phi) is 3.20. The molecule has 20 heavy (non-hydrogen) atoms. The van der Waals surface area contributed by atoms with Gasteiger partial charge in [0, 0.05) is 29.5 Å². The molecule has 1 aliphatic heterocycles. The minimum Gasteiger partial charge on any atom is -0.307 e. The highest BCUT2D eigenvalue weighted by molar-refractivity contribution is 7.98. The van der Waals surface area contributed by atoms with Gasteiger partial charge < -0.3 is 5.32 Å². The van der Waals surface area contributed by atoms with Crippen molar-refractivity contribution in [3.63, 3.8) is 0 Å². The Morgan fingerprint density at radius 1 is 1.10 bits per heavy atom. The molecule has 102 valence electrons. The van der Waals surface area contributed by atoms with E-state index in [0.717, 1.165) is 24.7 Å². The van der Waals surface area contributed by atoms with E-state index in [2.05, 4.69) is 29.6 Å². The third-order valence-corrected chi connectivity index (χ3v) is 4.85. The molecule has 2 aliphatic rings. The van der Waals surface area contributed by atoms with Crippen molar-refractivity contribution in [1.82, 2.24) is 15.3 Å². The minimum absolute atomic E-state index is 0.701. The summed E-state index contributed by atoms with van der Waals surface area (Å²) in [6, 6.07) is 10.5. The predicted molar refractivity (Wildman–Crippen MR) is 80.6 cm³/mol. The average molecular weight is 283 g/mol. The van der Waals surface area contributed by atoms with Crippen LogP contribution < -0.4 is 5.32 Å². The Bertz CT molecular complexity index is 623. The average Bonchev–Trinajstić information content (AvgIpc) is 3.23. The van der Waals surface area contributed by atoms with Crippen molar-refractivity contribution < 1.29 is 0 Å². The van der Waals surface area contributed by atoms with Crippen molar-refractivity contribution in [3.05, 3.63) is 53.1 Å². The van der Waals surface area contributed by atoms with Gasteiger partial charge >= 0.3 is 0 Å². The first-order valence-electron chi connectivity index (χ1n) is 7.17. The van der Waals surface area contributed by atoms with Gasteiger partial charge in [0.15, 0.2) is 0 Å². The van der Waals surface area contributed by atoms with Crippen LogP contribution in [0.4, 0.5) is 0 Å². The van der Waals surface area contributed by atoms with Gasteiger partial charge in [-0.25, -0.2) is 9.97 Å². The first kappa shape index (κ1) is 12.4. The molecule has 0 unspecified atom stereocenters. The van der Waals surface area contributed by atoms with Crippen LogP contribution in [-0.4, -0.2) is 9.97 Å². The standard InChI is InChI=1S/C16H17N3S/c1-2-4-12(5-3-1)20-10-15-18-14-9-17-8-13(14)16(19-15)11-6-7-11/h1-5,11,17H,6-10H2. The maximum atomic E-state index is 4.85. The number of benzene rings is 1. The van der Waals surface area contributed by atoms with Gasteiger partial charge in [0.1, 0.15) is 5.82 Å². The van der Waals surface area contributed by atoms with Gasteiger partial charge in [0.25, 0.3) is 0 Å². The second-order valence-electron chi connectivity index (χ2n) is 5.43. The van der Waals surface area contributed by atoms with Crippen molar-refractivity contribution in [2.45, 2.75) is 42.5 Å². The second kappa shape index (κ2) is 5.19. The van der Waals surface area contributed by atoms with Gasteiger partial charge in [-0.3, -0.25) is 0 Å². The summed E-state index contributed by atoms with van der Waals surface area (Å²) in [4.78, 5) is 10.9. The second-order valence-corrected chi connectivity index (χ2v) is 6.48. The predicted octanol–water partition coefficient (Wildman–Crippen LogP) is 3.25. The molecular weight excluding hydrogens is 266 g/mol. The van der Waals surface area contributed by atoms with Crippen molar-refractivity contribution >= 4 is 11.8 Å². The van der Waals surface area contributed by atoms with Crippen LogP contribution in [0.25, 0.3) is 0 Å². The van der Waals surface area contributed by atoms with Crippen LogP contribution in [0.5, 0.6) is 0 Å². The Morgan fingerprint density at radius 2 is 1.95 bits per heavy atom. The molecule has 2 aromatic rings. The molecule has 0 spiro atoms. The zero-order chi connectivity index (χ0) is 13.4. The van der Waals surface area contributed by atoms with Gasteiger partial charge in [-0.1, -0.05) is 18.2 Å². The van der Waals surface area contributed by atoms with E-state index in [1.54, 1.807) is 0 Å². The zero-order valence-corrected chi connectivity index (χ0v) is 12.1. The number of nitrogens with zero attached hydrogens (tertiary/aromatic N) is 2. The highest BCUT2D eigenvalue weighted by Gasteiger charge is 2.31. The summed E-state index contributed by atoms with van der Waals surface area (Å²) in [7, 11) is 0. The third-order valence-electron chi connectivity index (χ3n) is 3.84. The van der Waals surface area contributed by atoms with Gasteiger partial charge in [-0.15, -0.1) is 11.8 Å². The van der Waals surface area contributed by atoms with E-state index in [4.69, 9.17) is 9.97 Å². The fourth-order valence-corrected chi connectivity index (χ4v) is 3.45. The highest BCUT2D eigenvalue weighted by Crippen LogP contribution is 2.42. The molecule has 0 saturated heterocycles. The molecule has 2 heterocycles. The van der Waals surface area contributed by atoms with Crippen LogP contribution >= 0.6 is 11.8 Å². The summed E-state index contributed by atoms with van der Waals surface area (Å²) in [5.74, 6) is 2.55. The molecule has 1 saturated carbocycles. The lowest BCUT2D eigenvalue weighted by molar-refractivity contribution is 0.755. The Morgan fingerprint density at radius 3 is 2.75 bits per heavy atom. The Hall–Kier alpha value is -1.39. The molecule has 1 aromatic heterocycles. The van der Waals surface area contributed by atoms with Crippen LogP contribution in [0.3, 0.4) is 0 Å². The third kappa shape index (κ3) is 2.45. The van der Waals surface area contributed by atoms with E-state index in [-0.39, 0.29) is 0 Å². The topological polar surface area (TPSA) is 37.8 Å². The smallest absolute Gasteiger partial charge is 0.139 e. The monoisotopic (exact) mass is 283 g/mol. The summed E-state index contributed by atoms with van der Waals surface area (Å²) in [5, 5.41) is 3.40. The van der Waals surface area contributed by atoms with Crippen molar-refractivity contribution in [2.24, 2.45) is 0 Å². The molecule has 1 fully saturated rings. The van der Waals surface area contributed by atoms with Gasteiger partial charge in [0.05, 0.1) is 17.1 Å². The van der Waals surface area contributed by atoms with Crippen LogP contribution in [0.2, 0.25) is 0 Å². The number of nitrogens with one attached hydrogen (secondary N) is 1. The van der Waals surface area contributed by atoms with Crippen molar-refractivity contribution in [3.8, 4) is 0 Å². The van der Waals surface area contributed by atoms with E-state index in [1.807, 2.05) is 17.8 Å². The van der Waals surface area contributed by atoms with Crippen LogP contribution in [0, 0.1) is 0 Å². The first-order chi connectivity index (χ1) is 9.90. The number of hydrogen-bond donors (Lipinski definition) is 1. The molecule has 0 bridgehead atoms. The lowest BCUT2D eigenvalue weighted by Gasteiger charge is -2.08. The molecule has 1 N–H and O–H groups in total. The normalized spacial score (nSPS) is 17.2. The highest BCUT2D eigenvalue weighted by atomic mass is 32.2. The van der Waals surface area contributed by atoms with Crippen molar-refractivity contribution in [1.29, 1.82) is 0 Å². The lowest BCUT2D eigenvalue weighted by Crippen LogP contribution is -2.04. The maximum absolute atomic E-state index is 4.85. The Balaban J connectivity index is 1.57. The SMILES string of the molecule is c1ccc(SCc2nc3c(c(C4CC4)n2)CNC3)cc1. The lowest BCUT2D eigenvalue weighted by atomic mass is 10.1. The molecule has 0 radical (unpaired) electrons. The fourth-order valence-electron chi connectivity index (χ4n) is 2.67. The summed E-state index contributed by atoms with van der Waals surface area (Å²) in [6.07, 6.45) is 2.60. The van der Waals surface area contributed by atoms with E-state index in [1.165, 1.54) is 34.7 Å². The van der Waals surface area contributed by atoms with Gasteiger partial charge in [-0.05, 0) is 25.0 Å². The summed E-state index contributed by atoms with van der Waals surface area (Å²) in [6.45, 7) is 1.86. The largest absolute Gasteiger partial charge is 0.307 e. The van der Waals surface area contributed by atoms with E-state index >= 15 is 0 Å². The van der Waals surface area contributed by atoms with E-state index < -0.39 is 0 Å². The maximum Gasteiger partial charge on any atom is 0.139 e. The minimum atomic E-state index is 0.701. The molecule has 0 amide bonds. The van der Waals surface area contributed by atoms with Crippen LogP contribution in [0.1, 0.15) is 41.5 Å². The van der Waals surface area contributed by atoms with Gasteiger partial charge in [0.2, 0.25) is 0 Å². The molecule has 4 rings (SSSR count). The van der Waals surface area contributed by atoms with Gasteiger partial charge in [-0.2, -0.15) is 0 Å².